The number of allylic oxidation sites excluding steroid dienone is 4. The molecule has 0 radical (unpaired) electrons. The van der Waals surface area contributed by atoms with Gasteiger partial charge in [0, 0.05) is 29.5 Å². The summed E-state index contributed by atoms with van der Waals surface area (Å²) < 4.78 is 0. The van der Waals surface area contributed by atoms with E-state index in [0.717, 1.165) is 0 Å². The fraction of sp³-hybridized carbons (Fsp3) is 0.538. The summed E-state index contributed by atoms with van der Waals surface area (Å²) >= 11 is 0. The summed E-state index contributed by atoms with van der Waals surface area (Å²) in [4.78, 5) is 53.1. The molecule has 2 unspecified atom stereocenters. The molecule has 0 fully saturated rings. The van der Waals surface area contributed by atoms with Gasteiger partial charge in [0.15, 0.2) is 23.0 Å². The molecule has 0 aromatic carbocycles. The molecule has 6 atom stereocenters. The van der Waals surface area contributed by atoms with Crippen LogP contribution in [-0.2, 0) is 19.2 Å². The van der Waals surface area contributed by atoms with E-state index in [9.17, 15) is 39.6 Å². The molecule has 0 saturated heterocycles. The summed E-state index contributed by atoms with van der Waals surface area (Å²) in [6.45, 7) is 3.83. The van der Waals surface area contributed by atoms with Gasteiger partial charge in [0.25, 0.3) is 0 Å². The van der Waals surface area contributed by atoms with Crippen LogP contribution < -0.4 is 5.73 Å². The van der Waals surface area contributed by atoms with Gasteiger partial charge in [0.2, 0.25) is 0 Å². The molecule has 0 spiro atoms. The summed E-state index contributed by atoms with van der Waals surface area (Å²) in [5, 5.41) is 45.4. The third-order valence-corrected chi connectivity index (χ3v) is 8.32. The van der Waals surface area contributed by atoms with Crippen molar-refractivity contribution >= 4 is 23.1 Å². The van der Waals surface area contributed by atoms with E-state index in [1.807, 2.05) is 0 Å². The Balaban J connectivity index is 2.05. The number of carbonyl (C=O) groups is 4. The monoisotopic (exact) mass is 500 g/mol. The van der Waals surface area contributed by atoms with Crippen molar-refractivity contribution in [3.8, 4) is 0 Å². The van der Waals surface area contributed by atoms with Gasteiger partial charge < -0.3 is 26.2 Å². The normalized spacial score (nSPS) is 34.7. The van der Waals surface area contributed by atoms with Crippen molar-refractivity contribution < 1.29 is 39.6 Å². The predicted molar refractivity (Wildman–Crippen MR) is 128 cm³/mol. The summed E-state index contributed by atoms with van der Waals surface area (Å²) in [6.07, 6.45) is 0.126. The zero-order valence-corrected chi connectivity index (χ0v) is 21.0. The van der Waals surface area contributed by atoms with Crippen LogP contribution >= 0.6 is 0 Å². The molecule has 0 saturated carbocycles. The molecule has 0 heterocycles. The Morgan fingerprint density at radius 3 is 2.19 bits per heavy atom. The maximum Gasteiger partial charge on any atom is 0.183 e. The molecule has 6 N–H and O–H groups in total. The van der Waals surface area contributed by atoms with Crippen molar-refractivity contribution in [3.63, 3.8) is 0 Å². The topological polar surface area (TPSA) is 178 Å². The summed E-state index contributed by atoms with van der Waals surface area (Å²) in [6, 6.07) is -0.934. The van der Waals surface area contributed by atoms with Gasteiger partial charge in [-0.05, 0) is 52.3 Å². The Labute approximate surface area is 208 Å². The van der Waals surface area contributed by atoms with E-state index in [4.69, 9.17) is 5.73 Å². The number of nitrogens with two attached hydrogens (primary N) is 1. The van der Waals surface area contributed by atoms with Crippen LogP contribution in [0, 0.1) is 23.7 Å². The molecule has 10 heteroatoms. The van der Waals surface area contributed by atoms with E-state index >= 15 is 0 Å². The molecule has 4 aliphatic carbocycles. The van der Waals surface area contributed by atoms with Gasteiger partial charge in [-0.3, -0.25) is 24.1 Å². The number of rotatable bonds is 4. The highest BCUT2D eigenvalue weighted by Gasteiger charge is 2.61. The minimum Gasteiger partial charge on any atom is -0.508 e. The van der Waals surface area contributed by atoms with Crippen LogP contribution in [0.5, 0.6) is 0 Å². The van der Waals surface area contributed by atoms with Gasteiger partial charge in [-0.15, -0.1) is 0 Å². The van der Waals surface area contributed by atoms with Crippen molar-refractivity contribution in [1.82, 2.24) is 4.90 Å². The SMILES string of the molecule is CC(=O)C1=C2C[C@H]3C[C@H]4[C@H](N(C)C)C(=O)C(CN)=C(O)[C@@]4(O)C(O)=C3C(O)=C2C(=O)C(C(C)=O)C1C. The van der Waals surface area contributed by atoms with Crippen LogP contribution in [0.25, 0.3) is 0 Å². The fourth-order valence-electron chi connectivity index (χ4n) is 6.83. The number of likely N-dealkylation sites (N-methyl/N-ethyl adjacent to an activating group) is 1. The molecule has 0 aromatic heterocycles. The molecule has 0 aromatic rings. The minimum absolute atomic E-state index is 0.0527. The zero-order valence-electron chi connectivity index (χ0n) is 21.0. The van der Waals surface area contributed by atoms with E-state index in [1.165, 1.54) is 13.8 Å². The number of aliphatic hydroxyl groups is 4. The highest BCUT2D eigenvalue weighted by Crippen LogP contribution is 2.56. The summed E-state index contributed by atoms with van der Waals surface area (Å²) in [7, 11) is 3.26. The number of ketones is 4. The van der Waals surface area contributed by atoms with Crippen molar-refractivity contribution in [2.45, 2.75) is 45.3 Å². The van der Waals surface area contributed by atoms with Gasteiger partial charge >= 0.3 is 0 Å². The lowest BCUT2D eigenvalue weighted by molar-refractivity contribution is -0.133. The van der Waals surface area contributed by atoms with Gasteiger partial charge in [-0.2, -0.15) is 0 Å². The molecule has 10 nitrogen and oxygen atoms in total. The summed E-state index contributed by atoms with van der Waals surface area (Å²) in [5.74, 6) is -7.65. The lowest BCUT2D eigenvalue weighted by atomic mass is 9.57. The number of hydrogen-bond donors (Lipinski definition) is 5. The molecule has 194 valence electrons. The number of Topliss-reactive ketones (excluding diaryl/α,β-unsaturated/α-hetero) is 4. The average Bonchev–Trinajstić information content (AvgIpc) is 2.75. The highest BCUT2D eigenvalue weighted by molar-refractivity contribution is 6.17. The van der Waals surface area contributed by atoms with Gasteiger partial charge in [0.05, 0.1) is 23.1 Å². The van der Waals surface area contributed by atoms with Crippen LogP contribution in [0.15, 0.2) is 45.1 Å². The van der Waals surface area contributed by atoms with Crippen LogP contribution in [0.1, 0.15) is 33.6 Å². The minimum atomic E-state index is -2.42. The Kier molecular flexibility index (Phi) is 6.14. The average molecular weight is 501 g/mol. The lowest BCUT2D eigenvalue weighted by Gasteiger charge is -2.51. The van der Waals surface area contributed by atoms with Crippen molar-refractivity contribution in [3.05, 3.63) is 45.1 Å². The number of carbonyl (C=O) groups excluding carboxylic acids is 4. The molecule has 0 aliphatic heterocycles. The first-order chi connectivity index (χ1) is 16.7. The standard InChI is InChI=1S/C26H32N2O8/c1-9-16(10(2)29)13-6-12-7-15-20(28(4)5)21(31)14(8-27)24(34)26(15,36)25(35)18(12)23(33)19(13)22(32)17(9)11(3)30/h9,12,15,17,20,33-36H,6-8,27H2,1-5H3/t9?,12-,15-,17?,20-,26+/m0/s1. The maximum atomic E-state index is 13.4. The molecule has 36 heavy (non-hydrogen) atoms. The summed E-state index contributed by atoms with van der Waals surface area (Å²) in [5.41, 5.74) is 3.25. The van der Waals surface area contributed by atoms with Crippen LogP contribution in [-0.4, -0.2) is 80.7 Å². The Hall–Kier alpha value is -3.08. The molecule has 4 rings (SSSR count). The third-order valence-electron chi connectivity index (χ3n) is 8.32. The largest absolute Gasteiger partial charge is 0.508 e. The number of fused-ring (bicyclic) bond motifs is 3. The van der Waals surface area contributed by atoms with Gasteiger partial charge in [-0.1, -0.05) is 6.92 Å². The van der Waals surface area contributed by atoms with E-state index in [-0.39, 0.29) is 47.5 Å². The van der Waals surface area contributed by atoms with E-state index in [1.54, 1.807) is 25.9 Å². The predicted octanol–water partition coefficient (Wildman–Crippen LogP) is 0.975. The smallest absolute Gasteiger partial charge is 0.183 e. The third kappa shape index (κ3) is 3.21. The van der Waals surface area contributed by atoms with Crippen LogP contribution in [0.3, 0.4) is 0 Å². The second-order valence-corrected chi connectivity index (χ2v) is 10.5. The van der Waals surface area contributed by atoms with E-state index < -0.39 is 69.9 Å². The second-order valence-electron chi connectivity index (χ2n) is 10.5. The quantitative estimate of drug-likeness (QED) is 0.349. The van der Waals surface area contributed by atoms with E-state index in [2.05, 4.69) is 0 Å². The van der Waals surface area contributed by atoms with Crippen LogP contribution in [0.4, 0.5) is 0 Å². The Morgan fingerprint density at radius 2 is 1.69 bits per heavy atom. The Morgan fingerprint density at radius 1 is 1.08 bits per heavy atom. The van der Waals surface area contributed by atoms with Crippen LogP contribution in [0.2, 0.25) is 0 Å². The number of nitrogens with zero attached hydrogens (tertiary/aromatic N) is 1. The van der Waals surface area contributed by atoms with Crippen molar-refractivity contribution in [2.75, 3.05) is 20.6 Å². The van der Waals surface area contributed by atoms with Crippen molar-refractivity contribution in [2.24, 2.45) is 29.4 Å². The second kappa shape index (κ2) is 8.50. The lowest BCUT2D eigenvalue weighted by Crippen LogP contribution is -2.62. The van der Waals surface area contributed by atoms with Gasteiger partial charge in [0.1, 0.15) is 23.1 Å². The molecular weight excluding hydrogens is 468 g/mol. The first kappa shape index (κ1) is 26.0. The van der Waals surface area contributed by atoms with Crippen molar-refractivity contribution in [1.29, 1.82) is 0 Å². The molecule has 0 bridgehead atoms. The highest BCUT2D eigenvalue weighted by atomic mass is 16.4. The fourth-order valence-corrected chi connectivity index (χ4v) is 6.83. The molecular formula is C26H32N2O8. The molecule has 4 aliphatic rings. The zero-order chi connectivity index (χ0) is 27.0. The first-order valence-corrected chi connectivity index (χ1v) is 11.9. The number of aliphatic hydroxyl groups excluding tert-OH is 3. The number of hydrogen-bond acceptors (Lipinski definition) is 10. The van der Waals surface area contributed by atoms with E-state index in [0.29, 0.717) is 5.57 Å². The molecule has 0 amide bonds. The maximum absolute atomic E-state index is 13.4. The first-order valence-electron chi connectivity index (χ1n) is 11.9. The van der Waals surface area contributed by atoms with Gasteiger partial charge in [-0.25, -0.2) is 0 Å². The Bertz CT molecular complexity index is 1240.